The largest absolute Gasteiger partial charge is 0.355 e. The highest BCUT2D eigenvalue weighted by Gasteiger charge is 2.27. The third-order valence-electron chi connectivity index (χ3n) is 4.69. The number of carbonyl (C=O) groups excluding carboxylic acids is 2. The summed E-state index contributed by atoms with van der Waals surface area (Å²) in [6.07, 6.45) is 2.45. The van der Waals surface area contributed by atoms with Gasteiger partial charge in [-0.2, -0.15) is 0 Å². The van der Waals surface area contributed by atoms with E-state index < -0.39 is 6.04 Å². The lowest BCUT2D eigenvalue weighted by atomic mass is 10.1. The zero-order valence-electron chi connectivity index (χ0n) is 16.4. The lowest BCUT2D eigenvalue weighted by molar-refractivity contribution is -0.140. The molecule has 0 saturated carbocycles. The smallest absolute Gasteiger partial charge is 0.242 e. The Labute approximate surface area is 162 Å². The van der Waals surface area contributed by atoms with E-state index in [0.29, 0.717) is 32.4 Å². The van der Waals surface area contributed by atoms with Gasteiger partial charge in [0.15, 0.2) is 0 Å². The van der Waals surface area contributed by atoms with Crippen molar-refractivity contribution in [3.63, 3.8) is 0 Å². The van der Waals surface area contributed by atoms with Crippen LogP contribution in [-0.2, 0) is 22.4 Å². The maximum Gasteiger partial charge on any atom is 0.242 e. The molecular formula is C23H30N2O2. The molecule has 2 aromatic rings. The second-order valence-corrected chi connectivity index (χ2v) is 6.63. The fourth-order valence-corrected chi connectivity index (χ4v) is 3.23. The molecule has 0 aromatic heterocycles. The summed E-state index contributed by atoms with van der Waals surface area (Å²) in [6, 6.07) is 19.7. The Morgan fingerprint density at radius 1 is 0.889 bits per heavy atom. The first-order valence-electron chi connectivity index (χ1n) is 9.80. The first kappa shape index (κ1) is 20.7. The maximum atomic E-state index is 13.0. The molecule has 0 saturated heterocycles. The molecule has 1 N–H and O–H groups in total. The summed E-state index contributed by atoms with van der Waals surface area (Å²) in [6.45, 7) is 4.98. The van der Waals surface area contributed by atoms with Crippen LogP contribution in [-0.4, -0.2) is 35.8 Å². The van der Waals surface area contributed by atoms with Crippen LogP contribution in [0.1, 0.15) is 37.8 Å². The van der Waals surface area contributed by atoms with Gasteiger partial charge in [-0.1, -0.05) is 67.6 Å². The normalized spacial score (nSPS) is 11.6. The molecule has 1 unspecified atom stereocenters. The maximum absolute atomic E-state index is 13.0. The molecule has 1 atom stereocenters. The van der Waals surface area contributed by atoms with Crippen LogP contribution in [0.5, 0.6) is 0 Å². The van der Waals surface area contributed by atoms with Crippen molar-refractivity contribution in [3.8, 4) is 0 Å². The van der Waals surface area contributed by atoms with Crippen molar-refractivity contribution < 1.29 is 9.59 Å². The Kier molecular flexibility index (Phi) is 8.56. The summed E-state index contributed by atoms with van der Waals surface area (Å²) >= 11 is 0. The van der Waals surface area contributed by atoms with Crippen LogP contribution in [0.4, 0.5) is 0 Å². The van der Waals surface area contributed by atoms with Gasteiger partial charge < -0.3 is 10.2 Å². The molecule has 2 aromatic carbocycles. The van der Waals surface area contributed by atoms with E-state index in [1.807, 2.05) is 62.4 Å². The van der Waals surface area contributed by atoms with Gasteiger partial charge in [-0.15, -0.1) is 0 Å². The Morgan fingerprint density at radius 3 is 1.96 bits per heavy atom. The van der Waals surface area contributed by atoms with Gasteiger partial charge in [0.1, 0.15) is 6.04 Å². The standard InChI is InChI=1S/C23H30N2O2/c1-3-21(23(27)24-4-2)25(18-17-20-13-9-6-10-14-20)22(26)16-15-19-11-7-5-8-12-19/h5-14,21H,3-4,15-18H2,1-2H3,(H,24,27). The van der Waals surface area contributed by atoms with E-state index in [9.17, 15) is 9.59 Å². The van der Waals surface area contributed by atoms with Gasteiger partial charge in [0.2, 0.25) is 11.8 Å². The molecule has 2 rings (SSSR count). The Morgan fingerprint density at radius 2 is 1.44 bits per heavy atom. The van der Waals surface area contributed by atoms with E-state index in [4.69, 9.17) is 0 Å². The van der Waals surface area contributed by atoms with Gasteiger partial charge in [-0.05, 0) is 37.3 Å². The van der Waals surface area contributed by atoms with Crippen molar-refractivity contribution in [2.45, 2.75) is 45.6 Å². The van der Waals surface area contributed by atoms with Crippen molar-refractivity contribution >= 4 is 11.8 Å². The summed E-state index contributed by atoms with van der Waals surface area (Å²) in [5, 5.41) is 2.87. The molecule has 27 heavy (non-hydrogen) atoms. The van der Waals surface area contributed by atoms with E-state index in [0.717, 1.165) is 12.0 Å². The molecule has 0 aliphatic rings. The van der Waals surface area contributed by atoms with E-state index in [2.05, 4.69) is 17.4 Å². The molecule has 144 valence electrons. The van der Waals surface area contributed by atoms with E-state index >= 15 is 0 Å². The summed E-state index contributed by atoms with van der Waals surface area (Å²) in [5.74, 6) is -0.0333. The number of hydrogen-bond donors (Lipinski definition) is 1. The quantitative estimate of drug-likeness (QED) is 0.698. The number of hydrogen-bond acceptors (Lipinski definition) is 2. The Hall–Kier alpha value is -2.62. The highest BCUT2D eigenvalue weighted by molar-refractivity contribution is 5.87. The van der Waals surface area contributed by atoms with Crippen LogP contribution < -0.4 is 5.32 Å². The lowest BCUT2D eigenvalue weighted by Crippen LogP contribution is -2.50. The third kappa shape index (κ3) is 6.55. The predicted octanol–water partition coefficient (Wildman–Crippen LogP) is 3.61. The molecule has 0 fully saturated rings. The van der Waals surface area contributed by atoms with Crippen molar-refractivity contribution in [2.75, 3.05) is 13.1 Å². The zero-order chi connectivity index (χ0) is 19.5. The Bertz CT molecular complexity index is 701. The van der Waals surface area contributed by atoms with Crippen molar-refractivity contribution in [1.29, 1.82) is 0 Å². The van der Waals surface area contributed by atoms with E-state index in [1.54, 1.807) is 4.90 Å². The number of nitrogens with zero attached hydrogens (tertiary/aromatic N) is 1. The number of amides is 2. The van der Waals surface area contributed by atoms with Gasteiger partial charge in [-0.3, -0.25) is 9.59 Å². The molecule has 0 radical (unpaired) electrons. The molecule has 0 aliphatic carbocycles. The van der Waals surface area contributed by atoms with Crippen molar-refractivity contribution in [1.82, 2.24) is 10.2 Å². The minimum Gasteiger partial charge on any atom is -0.355 e. The second kappa shape index (κ2) is 11.2. The van der Waals surface area contributed by atoms with Gasteiger partial charge in [0.25, 0.3) is 0 Å². The van der Waals surface area contributed by atoms with Crippen LogP contribution in [0.15, 0.2) is 60.7 Å². The highest BCUT2D eigenvalue weighted by Crippen LogP contribution is 2.12. The molecule has 2 amide bonds. The van der Waals surface area contributed by atoms with Gasteiger partial charge in [0.05, 0.1) is 0 Å². The van der Waals surface area contributed by atoms with Crippen LogP contribution >= 0.6 is 0 Å². The average molecular weight is 367 g/mol. The molecule has 0 bridgehead atoms. The van der Waals surface area contributed by atoms with Crippen molar-refractivity contribution in [3.05, 3.63) is 71.8 Å². The Balaban J connectivity index is 2.08. The average Bonchev–Trinajstić information content (AvgIpc) is 2.71. The minimum absolute atomic E-state index is 0.0351. The molecule has 0 spiro atoms. The second-order valence-electron chi connectivity index (χ2n) is 6.63. The number of aryl methyl sites for hydroxylation is 1. The number of nitrogens with one attached hydrogen (secondary N) is 1. The number of carbonyl (C=O) groups is 2. The monoisotopic (exact) mass is 366 g/mol. The molecule has 4 nitrogen and oxygen atoms in total. The number of benzene rings is 2. The fourth-order valence-electron chi connectivity index (χ4n) is 3.23. The summed E-state index contributed by atoms with van der Waals surface area (Å²) in [5.41, 5.74) is 2.31. The number of likely N-dealkylation sites (N-methyl/N-ethyl adjacent to an activating group) is 1. The van der Waals surface area contributed by atoms with Gasteiger partial charge in [0, 0.05) is 19.5 Å². The topological polar surface area (TPSA) is 49.4 Å². The minimum atomic E-state index is -0.420. The van der Waals surface area contributed by atoms with Gasteiger partial charge in [-0.25, -0.2) is 0 Å². The van der Waals surface area contributed by atoms with E-state index in [1.165, 1.54) is 5.56 Å². The first-order chi connectivity index (χ1) is 13.2. The fraction of sp³-hybridized carbons (Fsp3) is 0.391. The lowest BCUT2D eigenvalue weighted by Gasteiger charge is -2.30. The molecule has 0 aliphatic heterocycles. The van der Waals surface area contributed by atoms with Crippen LogP contribution in [0.25, 0.3) is 0 Å². The van der Waals surface area contributed by atoms with Crippen LogP contribution in [0.2, 0.25) is 0 Å². The third-order valence-corrected chi connectivity index (χ3v) is 4.69. The van der Waals surface area contributed by atoms with Gasteiger partial charge >= 0.3 is 0 Å². The molecular weight excluding hydrogens is 336 g/mol. The summed E-state index contributed by atoms with van der Waals surface area (Å²) in [4.78, 5) is 27.3. The molecule has 4 heteroatoms. The first-order valence-corrected chi connectivity index (χ1v) is 9.80. The van der Waals surface area contributed by atoms with E-state index in [-0.39, 0.29) is 11.8 Å². The van der Waals surface area contributed by atoms with Crippen LogP contribution in [0, 0.1) is 0 Å². The summed E-state index contributed by atoms with van der Waals surface area (Å²) in [7, 11) is 0. The van der Waals surface area contributed by atoms with Crippen LogP contribution in [0.3, 0.4) is 0 Å². The van der Waals surface area contributed by atoms with Crippen molar-refractivity contribution in [2.24, 2.45) is 0 Å². The number of rotatable bonds is 10. The summed E-state index contributed by atoms with van der Waals surface area (Å²) < 4.78 is 0. The SMILES string of the molecule is CCNC(=O)C(CC)N(CCc1ccccc1)C(=O)CCc1ccccc1. The zero-order valence-corrected chi connectivity index (χ0v) is 16.4. The highest BCUT2D eigenvalue weighted by atomic mass is 16.2. The predicted molar refractivity (Wildman–Crippen MR) is 109 cm³/mol. The molecule has 0 heterocycles.